The van der Waals surface area contributed by atoms with Crippen LogP contribution in [0.2, 0.25) is 0 Å². The van der Waals surface area contributed by atoms with Crippen molar-refractivity contribution in [2.24, 2.45) is 0 Å². The summed E-state index contributed by atoms with van der Waals surface area (Å²) in [6.07, 6.45) is 0.379. The van der Waals surface area contributed by atoms with Crippen LogP contribution < -0.4 is 25.8 Å². The first-order valence-corrected chi connectivity index (χ1v) is 6.58. The predicted octanol–water partition coefficient (Wildman–Crippen LogP) is 2.24. The molecule has 4 N–H and O–H groups in total. The summed E-state index contributed by atoms with van der Waals surface area (Å²) in [7, 11) is 0. The van der Waals surface area contributed by atoms with Gasteiger partial charge in [-0.25, -0.2) is 0 Å². The molecular weight excluding hydrogens is 270 g/mol. The van der Waals surface area contributed by atoms with Gasteiger partial charge in [0.15, 0.2) is 11.5 Å². The minimum atomic E-state index is -0.00960. The van der Waals surface area contributed by atoms with E-state index in [1.54, 1.807) is 0 Å². The highest BCUT2D eigenvalue weighted by Crippen LogP contribution is 2.37. The summed E-state index contributed by atoms with van der Waals surface area (Å²) in [5.74, 6) is 1.42. The van der Waals surface area contributed by atoms with Crippen molar-refractivity contribution < 1.29 is 14.3 Å². The SMILES string of the molecule is Nc1cc2c(cc1Nc1ccc3c(c1)OCO3)NC(=O)C2. The molecule has 2 aliphatic heterocycles. The van der Waals surface area contributed by atoms with E-state index < -0.39 is 0 Å². The molecule has 2 heterocycles. The third kappa shape index (κ3) is 2.01. The molecule has 0 saturated heterocycles. The number of amides is 1. The van der Waals surface area contributed by atoms with Gasteiger partial charge < -0.3 is 25.8 Å². The van der Waals surface area contributed by atoms with E-state index in [2.05, 4.69) is 10.6 Å². The molecule has 106 valence electrons. The lowest BCUT2D eigenvalue weighted by atomic mass is 10.1. The second-order valence-corrected chi connectivity index (χ2v) is 5.01. The number of carbonyl (C=O) groups is 1. The maximum Gasteiger partial charge on any atom is 0.231 e. The molecule has 1 amide bonds. The number of anilines is 4. The maximum atomic E-state index is 11.4. The van der Waals surface area contributed by atoms with Gasteiger partial charge >= 0.3 is 0 Å². The van der Waals surface area contributed by atoms with Crippen molar-refractivity contribution in [2.45, 2.75) is 6.42 Å². The zero-order valence-corrected chi connectivity index (χ0v) is 11.1. The van der Waals surface area contributed by atoms with Crippen molar-refractivity contribution >= 4 is 28.7 Å². The first kappa shape index (κ1) is 11.9. The molecular formula is C15H13N3O3. The monoisotopic (exact) mass is 283 g/mol. The molecule has 2 aromatic rings. The highest BCUT2D eigenvalue weighted by molar-refractivity contribution is 6.01. The quantitative estimate of drug-likeness (QED) is 0.736. The lowest BCUT2D eigenvalue weighted by Crippen LogP contribution is -2.03. The minimum Gasteiger partial charge on any atom is -0.454 e. The van der Waals surface area contributed by atoms with Crippen LogP contribution in [0, 0.1) is 0 Å². The van der Waals surface area contributed by atoms with Crippen molar-refractivity contribution in [1.82, 2.24) is 0 Å². The smallest absolute Gasteiger partial charge is 0.231 e. The van der Waals surface area contributed by atoms with E-state index in [9.17, 15) is 4.79 Å². The fourth-order valence-corrected chi connectivity index (χ4v) is 2.53. The molecule has 0 bridgehead atoms. The molecule has 6 heteroatoms. The lowest BCUT2D eigenvalue weighted by molar-refractivity contribution is -0.115. The molecule has 0 unspecified atom stereocenters. The van der Waals surface area contributed by atoms with Gasteiger partial charge in [0.2, 0.25) is 12.7 Å². The zero-order chi connectivity index (χ0) is 14.4. The molecule has 2 aliphatic rings. The van der Waals surface area contributed by atoms with Crippen molar-refractivity contribution in [1.29, 1.82) is 0 Å². The number of carbonyl (C=O) groups excluding carboxylic acids is 1. The fourth-order valence-electron chi connectivity index (χ4n) is 2.53. The van der Waals surface area contributed by atoms with Crippen LogP contribution in [0.25, 0.3) is 0 Å². The average molecular weight is 283 g/mol. The van der Waals surface area contributed by atoms with Crippen LogP contribution in [-0.4, -0.2) is 12.7 Å². The van der Waals surface area contributed by atoms with E-state index in [0.717, 1.165) is 28.4 Å². The van der Waals surface area contributed by atoms with Crippen molar-refractivity contribution in [3.8, 4) is 11.5 Å². The van der Waals surface area contributed by atoms with Gasteiger partial charge in [-0.15, -0.1) is 0 Å². The van der Waals surface area contributed by atoms with Crippen LogP contribution in [0.15, 0.2) is 30.3 Å². The van der Waals surface area contributed by atoms with Crippen LogP contribution in [0.1, 0.15) is 5.56 Å². The van der Waals surface area contributed by atoms with Crippen LogP contribution in [0.3, 0.4) is 0 Å². The number of rotatable bonds is 2. The van der Waals surface area contributed by atoms with E-state index in [4.69, 9.17) is 15.2 Å². The second-order valence-electron chi connectivity index (χ2n) is 5.01. The number of hydrogen-bond acceptors (Lipinski definition) is 5. The van der Waals surface area contributed by atoms with Crippen LogP contribution in [-0.2, 0) is 11.2 Å². The number of benzene rings is 2. The van der Waals surface area contributed by atoms with E-state index in [0.29, 0.717) is 17.9 Å². The average Bonchev–Trinajstić information content (AvgIpc) is 3.04. The number of nitrogens with two attached hydrogens (primary N) is 1. The fraction of sp³-hybridized carbons (Fsp3) is 0.133. The Bertz CT molecular complexity index is 758. The van der Waals surface area contributed by atoms with Gasteiger partial charge in [0, 0.05) is 17.4 Å². The summed E-state index contributed by atoms with van der Waals surface area (Å²) in [6, 6.07) is 9.25. The maximum absolute atomic E-state index is 11.4. The minimum absolute atomic E-state index is 0.00960. The Morgan fingerprint density at radius 2 is 2.00 bits per heavy atom. The molecule has 2 aromatic carbocycles. The largest absolute Gasteiger partial charge is 0.454 e. The lowest BCUT2D eigenvalue weighted by Gasteiger charge is -2.12. The van der Waals surface area contributed by atoms with Crippen LogP contribution >= 0.6 is 0 Å². The highest BCUT2D eigenvalue weighted by atomic mass is 16.7. The van der Waals surface area contributed by atoms with Gasteiger partial charge in [0.25, 0.3) is 0 Å². The number of nitrogen functional groups attached to an aromatic ring is 1. The molecule has 0 atom stereocenters. The summed E-state index contributed by atoms with van der Waals surface area (Å²) >= 11 is 0. The third-order valence-corrected chi connectivity index (χ3v) is 3.55. The summed E-state index contributed by atoms with van der Waals surface area (Å²) < 4.78 is 10.6. The highest BCUT2D eigenvalue weighted by Gasteiger charge is 2.20. The summed E-state index contributed by atoms with van der Waals surface area (Å²) in [4.78, 5) is 11.4. The molecule has 6 nitrogen and oxygen atoms in total. The van der Waals surface area contributed by atoms with E-state index >= 15 is 0 Å². The Hall–Kier alpha value is -2.89. The number of nitrogens with one attached hydrogen (secondary N) is 2. The standard InChI is InChI=1S/C15H13N3O3/c16-10-3-8-4-15(19)18-11(8)6-12(10)17-9-1-2-13-14(5-9)21-7-20-13/h1-3,5-6,17H,4,7,16H2,(H,18,19). The normalized spacial score (nSPS) is 14.8. The Kier molecular flexibility index (Phi) is 2.44. The van der Waals surface area contributed by atoms with E-state index in [-0.39, 0.29) is 12.7 Å². The molecule has 0 saturated carbocycles. The Morgan fingerprint density at radius 3 is 2.90 bits per heavy atom. The predicted molar refractivity (Wildman–Crippen MR) is 79.0 cm³/mol. The van der Waals surface area contributed by atoms with Gasteiger partial charge in [-0.2, -0.15) is 0 Å². The Morgan fingerprint density at radius 1 is 1.14 bits per heavy atom. The zero-order valence-electron chi connectivity index (χ0n) is 11.1. The number of ether oxygens (including phenoxy) is 2. The van der Waals surface area contributed by atoms with Crippen molar-refractivity contribution in [2.75, 3.05) is 23.2 Å². The number of hydrogen-bond donors (Lipinski definition) is 3. The summed E-state index contributed by atoms with van der Waals surface area (Å²) in [5, 5.41) is 6.05. The molecule has 21 heavy (non-hydrogen) atoms. The first-order chi connectivity index (χ1) is 10.2. The Balaban J connectivity index is 1.66. The van der Waals surface area contributed by atoms with Gasteiger partial charge in [-0.3, -0.25) is 4.79 Å². The molecule has 0 aliphatic carbocycles. The van der Waals surface area contributed by atoms with Crippen LogP contribution in [0.4, 0.5) is 22.7 Å². The van der Waals surface area contributed by atoms with Gasteiger partial charge in [-0.1, -0.05) is 0 Å². The summed E-state index contributed by atoms with van der Waals surface area (Å²) in [5.41, 5.74) is 9.96. The molecule has 0 fully saturated rings. The van der Waals surface area contributed by atoms with E-state index in [1.165, 1.54) is 0 Å². The topological polar surface area (TPSA) is 85.6 Å². The molecule has 4 rings (SSSR count). The van der Waals surface area contributed by atoms with E-state index in [1.807, 2.05) is 30.3 Å². The molecule has 0 spiro atoms. The van der Waals surface area contributed by atoms with Gasteiger partial charge in [-0.05, 0) is 29.8 Å². The first-order valence-electron chi connectivity index (χ1n) is 6.58. The van der Waals surface area contributed by atoms with Crippen LogP contribution in [0.5, 0.6) is 11.5 Å². The van der Waals surface area contributed by atoms with Crippen molar-refractivity contribution in [3.05, 3.63) is 35.9 Å². The Labute approximate surface area is 120 Å². The third-order valence-electron chi connectivity index (χ3n) is 3.55. The van der Waals surface area contributed by atoms with Crippen molar-refractivity contribution in [3.63, 3.8) is 0 Å². The number of fused-ring (bicyclic) bond motifs is 2. The summed E-state index contributed by atoms with van der Waals surface area (Å²) in [6.45, 7) is 0.242. The molecule has 0 aromatic heterocycles. The van der Waals surface area contributed by atoms with Gasteiger partial charge in [0.1, 0.15) is 0 Å². The van der Waals surface area contributed by atoms with Gasteiger partial charge in [0.05, 0.1) is 17.8 Å². The second kappa shape index (κ2) is 4.31. The molecule has 0 radical (unpaired) electrons.